The Balaban J connectivity index is 2.04. The van der Waals surface area contributed by atoms with Crippen LogP contribution in [0.3, 0.4) is 0 Å². The fraction of sp³-hybridized carbons (Fsp3) is 0.455. The third-order valence-corrected chi connectivity index (χ3v) is 2.88. The van der Waals surface area contributed by atoms with Crippen molar-refractivity contribution in [3.8, 4) is 0 Å². The summed E-state index contributed by atoms with van der Waals surface area (Å²) >= 11 is 0. The molecule has 0 spiro atoms. The second-order valence-corrected chi connectivity index (χ2v) is 4.17. The van der Waals surface area contributed by atoms with E-state index in [1.54, 1.807) is 6.20 Å². The molecule has 1 saturated heterocycles. The van der Waals surface area contributed by atoms with Crippen LogP contribution in [-0.2, 0) is 0 Å². The number of carbonyl (C=O) groups is 1. The number of nitrogen functional groups attached to an aromatic ring is 1. The number of piperidine rings is 1. The van der Waals surface area contributed by atoms with E-state index in [4.69, 9.17) is 10.8 Å². The third kappa shape index (κ3) is 2.99. The summed E-state index contributed by atoms with van der Waals surface area (Å²) in [6.45, 7) is 1.59. The van der Waals surface area contributed by atoms with E-state index in [9.17, 15) is 4.79 Å². The zero-order valence-electron chi connectivity index (χ0n) is 9.47. The minimum atomic E-state index is -0.967. The molecule has 1 fully saturated rings. The molecule has 4 N–H and O–H groups in total. The van der Waals surface area contributed by atoms with Crippen molar-refractivity contribution < 1.29 is 9.90 Å². The predicted octanol–water partition coefficient (Wildman–Crippen LogP) is 0.900. The first-order valence-electron chi connectivity index (χ1n) is 5.61. The van der Waals surface area contributed by atoms with Gasteiger partial charge < -0.3 is 21.1 Å². The van der Waals surface area contributed by atoms with Gasteiger partial charge in [0.25, 0.3) is 0 Å². The van der Waals surface area contributed by atoms with Crippen molar-refractivity contribution in [3.05, 3.63) is 18.3 Å². The largest absolute Gasteiger partial charge is 0.465 e. The average Bonchev–Trinajstić information content (AvgIpc) is 2.28. The van der Waals surface area contributed by atoms with Gasteiger partial charge in [0.1, 0.15) is 5.82 Å². The lowest BCUT2D eigenvalue weighted by atomic mass is 10.1. The quantitative estimate of drug-likeness (QED) is 0.709. The highest BCUT2D eigenvalue weighted by molar-refractivity contribution is 5.65. The number of carboxylic acid groups (broad SMARTS) is 1. The van der Waals surface area contributed by atoms with Crippen molar-refractivity contribution in [3.63, 3.8) is 0 Å². The summed E-state index contributed by atoms with van der Waals surface area (Å²) in [4.78, 5) is 16.7. The summed E-state index contributed by atoms with van der Waals surface area (Å²) < 4.78 is 0. The van der Waals surface area contributed by atoms with E-state index >= 15 is 0 Å². The summed E-state index contributed by atoms with van der Waals surface area (Å²) in [6, 6.07) is 3.68. The molecule has 2 heterocycles. The lowest BCUT2D eigenvalue weighted by Crippen LogP contribution is -2.47. The number of hydrogen-bond acceptors (Lipinski definition) is 4. The molecule has 0 aromatic carbocycles. The van der Waals surface area contributed by atoms with Gasteiger partial charge in [0.05, 0.1) is 0 Å². The number of anilines is 2. The van der Waals surface area contributed by atoms with Gasteiger partial charge in [-0.1, -0.05) is 0 Å². The summed E-state index contributed by atoms with van der Waals surface area (Å²) in [5.41, 5.74) is 6.63. The fourth-order valence-electron chi connectivity index (χ4n) is 2.14. The predicted molar refractivity (Wildman–Crippen MR) is 65.0 cm³/mol. The van der Waals surface area contributed by atoms with Crippen LogP contribution in [0.1, 0.15) is 12.8 Å². The number of nitrogens with zero attached hydrogens (tertiary/aromatic N) is 2. The molecule has 1 unspecified atom stereocenters. The molecule has 2 rings (SSSR count). The summed E-state index contributed by atoms with van der Waals surface area (Å²) in [6.07, 6.45) is 2.54. The number of amides is 1. The van der Waals surface area contributed by atoms with Crippen molar-refractivity contribution in [1.82, 2.24) is 10.3 Å². The van der Waals surface area contributed by atoms with Crippen LogP contribution < -0.4 is 16.0 Å². The van der Waals surface area contributed by atoms with Gasteiger partial charge in [-0.15, -0.1) is 0 Å². The first kappa shape index (κ1) is 11.5. The Morgan fingerprint density at radius 3 is 3.18 bits per heavy atom. The highest BCUT2D eigenvalue weighted by Crippen LogP contribution is 2.20. The molecule has 1 aromatic heterocycles. The second-order valence-electron chi connectivity index (χ2n) is 4.17. The molecule has 1 aliphatic rings. The number of nitrogens with one attached hydrogen (secondary N) is 1. The van der Waals surface area contributed by atoms with Crippen LogP contribution >= 0.6 is 0 Å². The smallest absolute Gasteiger partial charge is 0.404 e. The highest BCUT2D eigenvalue weighted by atomic mass is 16.4. The van der Waals surface area contributed by atoms with E-state index in [1.807, 2.05) is 12.1 Å². The van der Waals surface area contributed by atoms with Crippen LogP contribution in [0.25, 0.3) is 0 Å². The maximum Gasteiger partial charge on any atom is 0.404 e. The minimum Gasteiger partial charge on any atom is -0.465 e. The van der Waals surface area contributed by atoms with Gasteiger partial charge >= 0.3 is 6.09 Å². The van der Waals surface area contributed by atoms with Gasteiger partial charge in [-0.25, -0.2) is 9.78 Å². The Labute approximate surface area is 99.4 Å². The first-order chi connectivity index (χ1) is 8.15. The van der Waals surface area contributed by atoms with Crippen molar-refractivity contribution in [2.45, 2.75) is 18.9 Å². The Morgan fingerprint density at radius 2 is 2.47 bits per heavy atom. The van der Waals surface area contributed by atoms with E-state index in [0.29, 0.717) is 12.4 Å². The van der Waals surface area contributed by atoms with Gasteiger partial charge in [-0.05, 0) is 18.9 Å². The molecule has 17 heavy (non-hydrogen) atoms. The highest BCUT2D eigenvalue weighted by Gasteiger charge is 2.21. The van der Waals surface area contributed by atoms with Gasteiger partial charge in [0.2, 0.25) is 0 Å². The molecule has 1 atom stereocenters. The molecular weight excluding hydrogens is 220 g/mol. The Bertz CT molecular complexity index is 410. The van der Waals surface area contributed by atoms with Crippen LogP contribution in [-0.4, -0.2) is 35.3 Å². The molecule has 0 radical (unpaired) electrons. The number of aromatic nitrogens is 1. The van der Waals surface area contributed by atoms with Gasteiger partial charge in [-0.3, -0.25) is 0 Å². The van der Waals surface area contributed by atoms with Crippen LogP contribution in [0.15, 0.2) is 18.3 Å². The maximum absolute atomic E-state index is 10.6. The Morgan fingerprint density at radius 1 is 1.65 bits per heavy atom. The van der Waals surface area contributed by atoms with Gasteiger partial charge in [0.15, 0.2) is 0 Å². The van der Waals surface area contributed by atoms with Crippen molar-refractivity contribution in [2.75, 3.05) is 23.7 Å². The third-order valence-electron chi connectivity index (χ3n) is 2.88. The minimum absolute atomic E-state index is 0.0179. The van der Waals surface area contributed by atoms with Crippen LogP contribution in [0.5, 0.6) is 0 Å². The molecule has 6 heteroatoms. The Kier molecular flexibility index (Phi) is 3.32. The number of hydrogen-bond donors (Lipinski definition) is 3. The van der Waals surface area contributed by atoms with Crippen molar-refractivity contribution in [1.29, 1.82) is 0 Å². The number of pyridine rings is 1. The molecule has 1 amide bonds. The van der Waals surface area contributed by atoms with E-state index in [-0.39, 0.29) is 6.04 Å². The maximum atomic E-state index is 10.6. The average molecular weight is 236 g/mol. The summed E-state index contributed by atoms with van der Waals surface area (Å²) in [5, 5.41) is 11.2. The number of rotatable bonds is 2. The van der Waals surface area contributed by atoms with Gasteiger partial charge in [-0.2, -0.15) is 0 Å². The van der Waals surface area contributed by atoms with E-state index in [1.165, 1.54) is 0 Å². The molecule has 0 aliphatic carbocycles. The Hall–Kier alpha value is -1.98. The van der Waals surface area contributed by atoms with E-state index in [0.717, 1.165) is 25.1 Å². The molecule has 6 nitrogen and oxygen atoms in total. The number of nitrogens with two attached hydrogens (primary N) is 1. The normalized spacial score (nSPS) is 20.0. The van der Waals surface area contributed by atoms with E-state index in [2.05, 4.69) is 15.2 Å². The zero-order valence-corrected chi connectivity index (χ0v) is 9.47. The molecule has 0 bridgehead atoms. The molecular formula is C11H16N4O2. The molecule has 0 saturated carbocycles. The van der Waals surface area contributed by atoms with E-state index < -0.39 is 6.09 Å². The van der Waals surface area contributed by atoms with Crippen LogP contribution in [0.2, 0.25) is 0 Å². The van der Waals surface area contributed by atoms with Gasteiger partial charge in [0, 0.05) is 37.1 Å². The van der Waals surface area contributed by atoms with Crippen LogP contribution in [0, 0.1) is 0 Å². The SMILES string of the molecule is Nc1cc(N2CCCC(NC(=O)O)C2)ccn1. The fourth-order valence-corrected chi connectivity index (χ4v) is 2.14. The van der Waals surface area contributed by atoms with Crippen LogP contribution in [0.4, 0.5) is 16.3 Å². The lowest BCUT2D eigenvalue weighted by Gasteiger charge is -2.34. The lowest BCUT2D eigenvalue weighted by molar-refractivity contribution is 0.188. The summed E-state index contributed by atoms with van der Waals surface area (Å²) in [7, 11) is 0. The topological polar surface area (TPSA) is 91.5 Å². The van der Waals surface area contributed by atoms with Crippen molar-refractivity contribution >= 4 is 17.6 Å². The first-order valence-corrected chi connectivity index (χ1v) is 5.61. The zero-order chi connectivity index (χ0) is 12.3. The molecule has 1 aromatic rings. The summed E-state index contributed by atoms with van der Waals surface area (Å²) in [5.74, 6) is 0.482. The molecule has 1 aliphatic heterocycles. The second kappa shape index (κ2) is 4.90. The van der Waals surface area contributed by atoms with Crippen molar-refractivity contribution in [2.24, 2.45) is 0 Å². The monoisotopic (exact) mass is 236 g/mol. The standard InChI is InChI=1S/C11H16N4O2/c12-10-6-9(3-4-13-10)15-5-1-2-8(7-15)14-11(16)17/h3-4,6,8,14H,1-2,5,7H2,(H2,12,13)(H,16,17). The molecule has 92 valence electrons.